The molecule has 0 fully saturated rings. The molecule has 2 unspecified atom stereocenters. The number of benzene rings is 1. The van der Waals surface area contributed by atoms with Crippen LogP contribution in [0.5, 0.6) is 0 Å². The lowest BCUT2D eigenvalue weighted by Gasteiger charge is -2.25. The minimum atomic E-state index is -4.49. The van der Waals surface area contributed by atoms with Crippen molar-refractivity contribution in [2.45, 2.75) is 20.0 Å². The third-order valence-corrected chi connectivity index (χ3v) is 7.96. The molecule has 0 spiro atoms. The Balaban J connectivity index is 2.87. The van der Waals surface area contributed by atoms with Crippen LogP contribution in [0.15, 0.2) is 24.3 Å². The summed E-state index contributed by atoms with van der Waals surface area (Å²) in [6.45, 7) is 6.37. The zero-order valence-electron chi connectivity index (χ0n) is 18.7. The number of quaternary nitrogens is 1. The average molecular weight is 696 g/mol. The van der Waals surface area contributed by atoms with Crippen molar-refractivity contribution < 1.29 is 42.1 Å². The Morgan fingerprint density at radius 2 is 1.78 bits per heavy atom. The molecule has 0 aliphatic carbocycles. The predicted octanol–water partition coefficient (Wildman–Crippen LogP) is 3.69. The molecule has 0 saturated heterocycles. The van der Waals surface area contributed by atoms with Gasteiger partial charge in [0, 0.05) is 12.7 Å². The lowest BCUT2D eigenvalue weighted by molar-refractivity contribution is -0.870. The molecule has 0 amide bonds. The van der Waals surface area contributed by atoms with Gasteiger partial charge in [-0.1, -0.05) is 6.58 Å². The number of aryl methyl sites for hydroxylation is 1. The number of carbonyl (C=O) groups is 2. The van der Waals surface area contributed by atoms with Crippen molar-refractivity contribution in [1.82, 2.24) is 0 Å². The van der Waals surface area contributed by atoms with Gasteiger partial charge in [0.2, 0.25) is 0 Å². The van der Waals surface area contributed by atoms with Crippen molar-refractivity contribution >= 4 is 64.9 Å². The van der Waals surface area contributed by atoms with E-state index in [0.29, 0.717) is 16.6 Å². The van der Waals surface area contributed by atoms with Crippen LogP contribution < -0.4 is 0 Å². The van der Waals surface area contributed by atoms with E-state index >= 15 is 0 Å². The molecule has 2 atom stereocenters. The van der Waals surface area contributed by atoms with Gasteiger partial charge in [-0.05, 0) is 76.7 Å². The van der Waals surface area contributed by atoms with Crippen LogP contribution in [0.3, 0.4) is 0 Å². The Kier molecular flexibility index (Phi) is 11.8. The highest BCUT2D eigenvalue weighted by atomic mass is 127. The Labute approximate surface area is 215 Å². The number of carbonyl (C=O) groups excluding carboxylic acids is 2. The number of rotatable bonds is 12. The van der Waals surface area contributed by atoms with Gasteiger partial charge in [-0.25, -0.2) is 14.2 Å². The molecule has 0 bridgehead atoms. The average Bonchev–Trinajstić information content (AvgIpc) is 2.64. The Morgan fingerprint density at radius 1 is 1.19 bits per heavy atom. The number of hydrogen-bond acceptors (Lipinski definition) is 7. The Bertz CT molecular complexity index is 900. The number of nitrogens with zero attached hydrogens (tertiary/aromatic N) is 1. The summed E-state index contributed by atoms with van der Waals surface area (Å²) in [5, 5.41) is 0. The SMILES string of the molecule is C=C(C)C(=O)OCC(COC(=O)c1cc(C)cc(I)c1I)OP(=O)(O)OCC[N+](C)(C)C. The molecule has 180 valence electrons. The summed E-state index contributed by atoms with van der Waals surface area (Å²) in [5.74, 6) is -1.33. The fourth-order valence-corrected chi connectivity index (χ4v) is 4.35. The molecule has 0 radical (unpaired) electrons. The highest BCUT2D eigenvalue weighted by molar-refractivity contribution is 14.1. The molecule has 0 aliphatic heterocycles. The van der Waals surface area contributed by atoms with Crippen LogP contribution >= 0.6 is 53.0 Å². The highest BCUT2D eigenvalue weighted by Crippen LogP contribution is 2.44. The smallest absolute Gasteiger partial charge is 0.459 e. The Morgan fingerprint density at radius 3 is 2.34 bits per heavy atom. The third kappa shape index (κ3) is 11.0. The molecule has 12 heteroatoms. The maximum atomic E-state index is 12.6. The first-order valence-electron chi connectivity index (χ1n) is 9.53. The van der Waals surface area contributed by atoms with Crippen LogP contribution in [-0.4, -0.2) is 74.9 Å². The topological polar surface area (TPSA) is 108 Å². The van der Waals surface area contributed by atoms with Crippen molar-refractivity contribution in [3.8, 4) is 0 Å². The van der Waals surface area contributed by atoms with E-state index in [4.69, 9.17) is 18.5 Å². The van der Waals surface area contributed by atoms with Crippen LogP contribution in [0.2, 0.25) is 0 Å². The third-order valence-electron chi connectivity index (χ3n) is 3.84. The molecule has 9 nitrogen and oxygen atoms in total. The number of halogens is 2. The van der Waals surface area contributed by atoms with Crippen molar-refractivity contribution in [3.05, 3.63) is 42.6 Å². The second kappa shape index (κ2) is 12.8. The molecule has 1 N–H and O–H groups in total. The van der Waals surface area contributed by atoms with Crippen molar-refractivity contribution in [2.75, 3.05) is 47.5 Å². The summed E-state index contributed by atoms with van der Waals surface area (Å²) in [6, 6.07) is 3.62. The second-order valence-corrected chi connectivity index (χ2v) is 11.8. The summed E-state index contributed by atoms with van der Waals surface area (Å²) in [4.78, 5) is 34.4. The first-order valence-corrected chi connectivity index (χ1v) is 13.2. The summed E-state index contributed by atoms with van der Waals surface area (Å²) in [5.41, 5.74) is 1.39. The minimum absolute atomic E-state index is 0.0325. The van der Waals surface area contributed by atoms with Crippen LogP contribution in [0.4, 0.5) is 0 Å². The molecule has 0 aliphatic rings. The number of phosphoric acid groups is 1. The van der Waals surface area contributed by atoms with Crippen molar-refractivity contribution in [1.29, 1.82) is 0 Å². The van der Waals surface area contributed by atoms with E-state index < -0.39 is 39.1 Å². The van der Waals surface area contributed by atoms with E-state index in [1.807, 2.05) is 56.7 Å². The molecule has 32 heavy (non-hydrogen) atoms. The van der Waals surface area contributed by atoms with Gasteiger partial charge in [0.25, 0.3) is 0 Å². The summed E-state index contributed by atoms with van der Waals surface area (Å²) < 4.78 is 35.0. The maximum Gasteiger partial charge on any atom is 0.472 e. The number of ether oxygens (including phenoxy) is 2. The van der Waals surface area contributed by atoms with Gasteiger partial charge in [0.15, 0.2) is 0 Å². The first-order chi connectivity index (χ1) is 14.6. The second-order valence-electron chi connectivity index (χ2n) is 8.13. The van der Waals surface area contributed by atoms with Gasteiger partial charge in [0.1, 0.15) is 32.5 Å². The Hall–Kier alpha value is -0.570. The maximum absolute atomic E-state index is 12.6. The van der Waals surface area contributed by atoms with E-state index in [0.717, 1.165) is 12.7 Å². The minimum Gasteiger partial charge on any atom is -0.459 e. The van der Waals surface area contributed by atoms with Crippen LogP contribution in [0.1, 0.15) is 22.8 Å². The number of hydrogen-bond donors (Lipinski definition) is 1. The van der Waals surface area contributed by atoms with Gasteiger partial charge >= 0.3 is 19.8 Å². The quantitative estimate of drug-likeness (QED) is 0.116. The molecule has 0 saturated carbocycles. The van der Waals surface area contributed by atoms with Gasteiger partial charge in [-0.15, -0.1) is 0 Å². The molecule has 1 aromatic rings. The monoisotopic (exact) mass is 696 g/mol. The normalized spacial score (nSPS) is 14.4. The lowest BCUT2D eigenvalue weighted by Crippen LogP contribution is -2.37. The summed E-state index contributed by atoms with van der Waals surface area (Å²) in [6.07, 6.45) is -1.22. The molecule has 0 aromatic heterocycles. The van der Waals surface area contributed by atoms with Crippen LogP contribution in [0, 0.1) is 14.1 Å². The van der Waals surface area contributed by atoms with E-state index in [1.165, 1.54) is 6.92 Å². The first kappa shape index (κ1) is 29.5. The van der Waals surface area contributed by atoms with E-state index in [9.17, 15) is 19.0 Å². The van der Waals surface area contributed by atoms with E-state index in [-0.39, 0.29) is 12.2 Å². The summed E-state index contributed by atoms with van der Waals surface area (Å²) in [7, 11) is 1.21. The van der Waals surface area contributed by atoms with Crippen LogP contribution in [0.25, 0.3) is 0 Å². The van der Waals surface area contributed by atoms with Gasteiger partial charge in [0.05, 0.1) is 26.7 Å². The fourth-order valence-electron chi connectivity index (χ4n) is 2.17. The fraction of sp³-hybridized carbons (Fsp3) is 0.500. The van der Waals surface area contributed by atoms with Crippen LogP contribution in [-0.2, 0) is 27.9 Å². The highest BCUT2D eigenvalue weighted by Gasteiger charge is 2.30. The number of likely N-dealkylation sites (N-methyl/N-ethyl adjacent to an activating group) is 1. The van der Waals surface area contributed by atoms with E-state index in [1.54, 1.807) is 6.07 Å². The lowest BCUT2D eigenvalue weighted by atomic mass is 10.1. The molecule has 1 rings (SSSR count). The standard InChI is InChI=1S/C20H28I2NO8P/c1-13(2)19(24)28-11-15(31-32(26,27)30-8-7-23(4,5)6)12-29-20(25)16-9-14(3)10-17(21)18(16)22/h9-10,15H,1,7-8,11-12H2,2-6H3/p+1. The summed E-state index contributed by atoms with van der Waals surface area (Å²) >= 11 is 4.17. The zero-order chi connectivity index (χ0) is 24.7. The zero-order valence-corrected chi connectivity index (χ0v) is 23.9. The van der Waals surface area contributed by atoms with Crippen molar-refractivity contribution in [3.63, 3.8) is 0 Å². The van der Waals surface area contributed by atoms with Gasteiger partial charge in [-0.3, -0.25) is 9.05 Å². The predicted molar refractivity (Wildman–Crippen MR) is 136 cm³/mol. The molecule has 0 heterocycles. The van der Waals surface area contributed by atoms with Crippen molar-refractivity contribution in [2.24, 2.45) is 0 Å². The van der Waals surface area contributed by atoms with Gasteiger partial charge < -0.3 is 18.9 Å². The van der Waals surface area contributed by atoms with E-state index in [2.05, 4.69) is 29.2 Å². The largest absolute Gasteiger partial charge is 0.472 e. The van der Waals surface area contributed by atoms with Gasteiger partial charge in [-0.2, -0.15) is 0 Å². The molecule has 1 aromatic carbocycles. The molecular weight excluding hydrogens is 667 g/mol. The number of phosphoric ester groups is 1. The molecular formula is C20H29I2NO8P+. The number of esters is 2.